The monoisotopic (exact) mass is 516 g/mol. The minimum absolute atomic E-state index is 1.14. The second-order valence-corrected chi connectivity index (χ2v) is 11.0. The number of nitrogens with zero attached hydrogens (tertiary/aromatic N) is 1. The Morgan fingerprint density at radius 2 is 1.15 bits per heavy atom. The van der Waals surface area contributed by atoms with Crippen LogP contribution in [0.25, 0.3) is 53.1 Å². The summed E-state index contributed by atoms with van der Waals surface area (Å²) in [5.41, 5.74) is 8.19. The van der Waals surface area contributed by atoms with Gasteiger partial charge in [0.05, 0.1) is 5.52 Å². The number of hydrogen-bond acceptors (Lipinski definition) is 2. The summed E-state index contributed by atoms with van der Waals surface area (Å²) in [6.07, 6.45) is 0. The Kier molecular flexibility index (Phi) is 5.04. The number of H-pyrrole nitrogens is 1. The molecule has 39 heavy (non-hydrogen) atoms. The van der Waals surface area contributed by atoms with Crippen molar-refractivity contribution in [2.24, 2.45) is 0 Å². The standard InChI is InChI=1S/C36H24N2S/c1-3-10-25(11-4-1)38(26-12-5-2-6-13-26)27-19-20-33-31(23-27)30-16-9-15-28(36(30)37-33)24-18-21-35-32(22-24)29-14-7-8-17-34(29)39-35/h1-23,37H. The van der Waals surface area contributed by atoms with Crippen molar-refractivity contribution in [3.05, 3.63) is 140 Å². The Morgan fingerprint density at radius 1 is 0.462 bits per heavy atom. The van der Waals surface area contributed by atoms with Gasteiger partial charge in [0.1, 0.15) is 0 Å². The van der Waals surface area contributed by atoms with E-state index in [1.54, 1.807) is 0 Å². The van der Waals surface area contributed by atoms with Crippen LogP contribution >= 0.6 is 11.3 Å². The molecule has 2 aromatic heterocycles. The van der Waals surface area contributed by atoms with Crippen LogP contribution in [0.4, 0.5) is 17.1 Å². The molecule has 0 radical (unpaired) electrons. The van der Waals surface area contributed by atoms with Crippen LogP contribution in [0.5, 0.6) is 0 Å². The molecule has 0 unspecified atom stereocenters. The molecule has 0 atom stereocenters. The van der Waals surface area contributed by atoms with Crippen LogP contribution in [0.3, 0.4) is 0 Å². The van der Waals surface area contributed by atoms with E-state index in [-0.39, 0.29) is 0 Å². The lowest BCUT2D eigenvalue weighted by molar-refractivity contribution is 1.29. The normalized spacial score (nSPS) is 11.6. The van der Waals surface area contributed by atoms with Gasteiger partial charge in [0.2, 0.25) is 0 Å². The average Bonchev–Trinajstić information content (AvgIpc) is 3.56. The predicted octanol–water partition coefficient (Wildman–Crippen LogP) is 10.8. The first-order valence-electron chi connectivity index (χ1n) is 13.2. The van der Waals surface area contributed by atoms with Crippen LogP contribution in [0.1, 0.15) is 0 Å². The fraction of sp³-hybridized carbons (Fsp3) is 0. The molecule has 0 aliphatic carbocycles. The number of thiophene rings is 1. The maximum atomic E-state index is 3.75. The van der Waals surface area contributed by atoms with Crippen molar-refractivity contribution < 1.29 is 0 Å². The van der Waals surface area contributed by atoms with Crippen LogP contribution in [-0.4, -0.2) is 4.98 Å². The van der Waals surface area contributed by atoms with E-state index in [1.807, 2.05) is 11.3 Å². The van der Waals surface area contributed by atoms with Gasteiger partial charge in [-0.1, -0.05) is 78.9 Å². The molecule has 0 aliphatic rings. The highest BCUT2D eigenvalue weighted by Crippen LogP contribution is 2.41. The molecule has 184 valence electrons. The number of benzene rings is 6. The summed E-state index contributed by atoms with van der Waals surface area (Å²) < 4.78 is 2.66. The molecule has 0 amide bonds. The van der Waals surface area contributed by atoms with E-state index in [1.165, 1.54) is 47.6 Å². The van der Waals surface area contributed by atoms with Crippen molar-refractivity contribution >= 4 is 70.4 Å². The van der Waals surface area contributed by atoms with Crippen LogP contribution in [0, 0.1) is 0 Å². The largest absolute Gasteiger partial charge is 0.354 e. The number of fused-ring (bicyclic) bond motifs is 6. The Balaban J connectivity index is 1.31. The smallest absolute Gasteiger partial charge is 0.0544 e. The molecule has 2 nitrogen and oxygen atoms in total. The third kappa shape index (κ3) is 3.63. The molecule has 3 heteroatoms. The zero-order valence-electron chi connectivity index (χ0n) is 21.1. The van der Waals surface area contributed by atoms with Gasteiger partial charge in [0.25, 0.3) is 0 Å². The lowest BCUT2D eigenvalue weighted by Gasteiger charge is -2.25. The van der Waals surface area contributed by atoms with Crippen molar-refractivity contribution in [2.75, 3.05) is 4.90 Å². The lowest BCUT2D eigenvalue weighted by atomic mass is 10.00. The quantitative estimate of drug-likeness (QED) is 0.246. The van der Waals surface area contributed by atoms with Gasteiger partial charge in [-0.15, -0.1) is 11.3 Å². The molecule has 2 heterocycles. The maximum Gasteiger partial charge on any atom is 0.0544 e. The molecule has 6 aromatic carbocycles. The van der Waals surface area contributed by atoms with E-state index in [4.69, 9.17) is 0 Å². The van der Waals surface area contributed by atoms with E-state index in [0.717, 1.165) is 22.6 Å². The van der Waals surface area contributed by atoms with Crippen molar-refractivity contribution in [3.8, 4) is 11.1 Å². The van der Waals surface area contributed by atoms with E-state index in [9.17, 15) is 0 Å². The molecule has 8 aromatic rings. The molecule has 0 bridgehead atoms. The zero-order valence-corrected chi connectivity index (χ0v) is 22.0. The number of rotatable bonds is 4. The average molecular weight is 517 g/mol. The van der Waals surface area contributed by atoms with Crippen molar-refractivity contribution in [2.45, 2.75) is 0 Å². The number of aromatic nitrogens is 1. The van der Waals surface area contributed by atoms with Crippen LogP contribution < -0.4 is 4.90 Å². The van der Waals surface area contributed by atoms with Crippen LogP contribution in [-0.2, 0) is 0 Å². The van der Waals surface area contributed by atoms with Crippen LogP contribution in [0.2, 0.25) is 0 Å². The molecule has 8 rings (SSSR count). The van der Waals surface area contributed by atoms with E-state index in [0.29, 0.717) is 0 Å². The number of hydrogen-bond donors (Lipinski definition) is 1. The van der Waals surface area contributed by atoms with Crippen LogP contribution in [0.15, 0.2) is 140 Å². The fourth-order valence-corrected chi connectivity index (χ4v) is 6.87. The number of nitrogens with one attached hydrogen (secondary N) is 1. The summed E-state index contributed by atoms with van der Waals surface area (Å²) >= 11 is 1.86. The molecule has 0 saturated carbocycles. The van der Waals surface area contributed by atoms with Gasteiger partial charge in [-0.3, -0.25) is 0 Å². The topological polar surface area (TPSA) is 19.0 Å². The van der Waals surface area contributed by atoms with Gasteiger partial charge in [0.15, 0.2) is 0 Å². The number of para-hydroxylation sites is 3. The van der Waals surface area contributed by atoms with Gasteiger partial charge in [-0.05, 0) is 66.2 Å². The first-order chi connectivity index (χ1) is 19.3. The summed E-state index contributed by atoms with van der Waals surface area (Å²) in [5, 5.41) is 5.11. The second-order valence-electron chi connectivity index (χ2n) is 9.90. The first-order valence-corrected chi connectivity index (χ1v) is 14.0. The molecule has 0 saturated heterocycles. The molecule has 1 N–H and O–H groups in total. The van der Waals surface area contributed by atoms with Crippen molar-refractivity contribution in [3.63, 3.8) is 0 Å². The maximum absolute atomic E-state index is 3.75. The van der Waals surface area contributed by atoms with E-state index < -0.39 is 0 Å². The molecule has 0 fully saturated rings. The summed E-state index contributed by atoms with van der Waals surface area (Å²) in [6, 6.07) is 50.1. The lowest BCUT2D eigenvalue weighted by Crippen LogP contribution is -2.09. The minimum Gasteiger partial charge on any atom is -0.354 e. The third-order valence-corrected chi connectivity index (χ3v) is 8.74. The summed E-state index contributed by atoms with van der Waals surface area (Å²) in [6.45, 7) is 0. The number of aromatic amines is 1. The summed E-state index contributed by atoms with van der Waals surface area (Å²) in [5.74, 6) is 0. The van der Waals surface area contributed by atoms with E-state index in [2.05, 4.69) is 149 Å². The molecule has 0 spiro atoms. The van der Waals surface area contributed by atoms with Gasteiger partial charge < -0.3 is 9.88 Å². The Bertz CT molecular complexity index is 2080. The van der Waals surface area contributed by atoms with Gasteiger partial charge in [-0.25, -0.2) is 0 Å². The van der Waals surface area contributed by atoms with Gasteiger partial charge in [0, 0.05) is 59.1 Å². The highest BCUT2D eigenvalue weighted by atomic mass is 32.1. The Morgan fingerprint density at radius 3 is 1.95 bits per heavy atom. The summed E-state index contributed by atoms with van der Waals surface area (Å²) in [4.78, 5) is 6.07. The van der Waals surface area contributed by atoms with E-state index >= 15 is 0 Å². The zero-order chi connectivity index (χ0) is 25.8. The summed E-state index contributed by atoms with van der Waals surface area (Å²) in [7, 11) is 0. The van der Waals surface area contributed by atoms with Gasteiger partial charge >= 0.3 is 0 Å². The highest BCUT2D eigenvalue weighted by Gasteiger charge is 2.16. The molecule has 0 aliphatic heterocycles. The third-order valence-electron chi connectivity index (χ3n) is 7.59. The minimum atomic E-state index is 1.14. The second kappa shape index (κ2) is 8.87. The SMILES string of the molecule is c1ccc(N(c2ccccc2)c2ccc3[nH]c4c(-c5ccc6sc7ccccc7c6c5)cccc4c3c2)cc1. The molecular weight excluding hydrogens is 492 g/mol. The van der Waals surface area contributed by atoms with Gasteiger partial charge in [-0.2, -0.15) is 0 Å². The Hall–Kier alpha value is -4.86. The fourth-order valence-electron chi connectivity index (χ4n) is 5.78. The molecular formula is C36H24N2S. The number of anilines is 3. The predicted molar refractivity (Wildman–Crippen MR) is 169 cm³/mol. The highest BCUT2D eigenvalue weighted by molar-refractivity contribution is 7.25. The van der Waals surface area contributed by atoms with Crippen molar-refractivity contribution in [1.82, 2.24) is 4.98 Å². The first kappa shape index (κ1) is 22.2. The van der Waals surface area contributed by atoms with Crippen molar-refractivity contribution in [1.29, 1.82) is 0 Å². The Labute approximate surface area is 230 Å².